The van der Waals surface area contributed by atoms with E-state index >= 15 is 0 Å². The summed E-state index contributed by atoms with van der Waals surface area (Å²) >= 11 is 0. The first-order valence-corrected chi connectivity index (χ1v) is 9.84. The highest BCUT2D eigenvalue weighted by Crippen LogP contribution is 2.13. The van der Waals surface area contributed by atoms with E-state index < -0.39 is 0 Å². The molecule has 5 nitrogen and oxygen atoms in total. The first-order valence-electron chi connectivity index (χ1n) is 9.84. The third-order valence-electron chi connectivity index (χ3n) is 4.61. The lowest BCUT2D eigenvalue weighted by Gasteiger charge is -2.32. The number of nitrogens with zero attached hydrogens (tertiary/aromatic N) is 2. The van der Waals surface area contributed by atoms with Crippen LogP contribution in [0.25, 0.3) is 0 Å². The van der Waals surface area contributed by atoms with Crippen LogP contribution in [0.15, 0.2) is 48.0 Å². The van der Waals surface area contributed by atoms with E-state index in [0.29, 0.717) is 12.6 Å². The highest BCUT2D eigenvalue weighted by atomic mass is 16.5. The second kappa shape index (κ2) is 11.6. The summed E-state index contributed by atoms with van der Waals surface area (Å²) in [5.74, 6) is 1.80. The molecule has 0 saturated carbocycles. The number of guanidine groups is 1. The van der Waals surface area contributed by atoms with Crippen LogP contribution in [0.3, 0.4) is 0 Å². The van der Waals surface area contributed by atoms with Crippen molar-refractivity contribution in [2.75, 3.05) is 32.7 Å². The molecule has 1 aromatic carbocycles. The summed E-state index contributed by atoms with van der Waals surface area (Å²) in [4.78, 5) is 7.21. The molecule has 0 bridgehead atoms. The van der Waals surface area contributed by atoms with E-state index in [4.69, 9.17) is 9.73 Å². The van der Waals surface area contributed by atoms with Crippen molar-refractivity contribution in [2.45, 2.75) is 45.3 Å². The van der Waals surface area contributed by atoms with Crippen molar-refractivity contribution < 1.29 is 4.74 Å². The Morgan fingerprint density at radius 2 is 2.04 bits per heavy atom. The van der Waals surface area contributed by atoms with Crippen molar-refractivity contribution in [2.24, 2.45) is 4.99 Å². The molecule has 2 rings (SSSR count). The number of ether oxygens (including phenoxy) is 1. The van der Waals surface area contributed by atoms with Crippen LogP contribution in [0.2, 0.25) is 0 Å². The largest absolute Gasteiger partial charge is 0.489 e. The first kappa shape index (κ1) is 20.3. The number of hydrogen-bond donors (Lipinski definition) is 2. The molecule has 26 heavy (non-hydrogen) atoms. The molecule has 1 aliphatic heterocycles. The fourth-order valence-corrected chi connectivity index (χ4v) is 3.09. The average molecular weight is 359 g/mol. The van der Waals surface area contributed by atoms with Crippen LogP contribution < -0.4 is 15.4 Å². The minimum Gasteiger partial charge on any atom is -0.489 e. The lowest BCUT2D eigenvalue weighted by atomic mass is 10.1. The average Bonchev–Trinajstić information content (AvgIpc) is 2.67. The molecule has 0 amide bonds. The Morgan fingerprint density at radius 1 is 1.31 bits per heavy atom. The quantitative estimate of drug-likeness (QED) is 0.405. The molecule has 0 spiro atoms. The third-order valence-corrected chi connectivity index (χ3v) is 4.61. The lowest BCUT2D eigenvalue weighted by Crippen LogP contribution is -2.49. The van der Waals surface area contributed by atoms with Crippen molar-refractivity contribution in [1.82, 2.24) is 15.5 Å². The monoisotopic (exact) mass is 358 g/mol. The van der Waals surface area contributed by atoms with Crippen LogP contribution in [-0.2, 0) is 0 Å². The van der Waals surface area contributed by atoms with Crippen molar-refractivity contribution in [3.05, 3.63) is 43.0 Å². The molecule has 1 heterocycles. The van der Waals surface area contributed by atoms with Gasteiger partial charge in [0.05, 0.1) is 6.54 Å². The number of likely N-dealkylation sites (tertiary alicyclic amines) is 1. The predicted molar refractivity (Wildman–Crippen MR) is 110 cm³/mol. The molecule has 144 valence electrons. The molecule has 0 aromatic heterocycles. The van der Waals surface area contributed by atoms with Gasteiger partial charge in [0.2, 0.25) is 0 Å². The van der Waals surface area contributed by atoms with Crippen molar-refractivity contribution in [3.8, 4) is 5.75 Å². The van der Waals surface area contributed by atoms with Crippen molar-refractivity contribution in [1.29, 1.82) is 0 Å². The van der Waals surface area contributed by atoms with E-state index in [1.54, 1.807) is 0 Å². The van der Waals surface area contributed by atoms with Crippen LogP contribution in [0, 0.1) is 0 Å². The molecule has 1 fully saturated rings. The number of hydrogen-bond acceptors (Lipinski definition) is 3. The molecule has 1 aliphatic rings. The van der Waals surface area contributed by atoms with Crippen molar-refractivity contribution >= 4 is 5.96 Å². The Morgan fingerprint density at radius 3 is 2.65 bits per heavy atom. The van der Waals surface area contributed by atoms with Crippen LogP contribution in [-0.4, -0.2) is 55.7 Å². The lowest BCUT2D eigenvalue weighted by molar-refractivity contribution is 0.205. The molecule has 1 unspecified atom stereocenters. The minimum absolute atomic E-state index is 0.0855. The number of benzene rings is 1. The standard InChI is InChI=1S/C21H34N4O/c1-4-14-25-15-12-18(13-16-25)24-21(22-6-3)23-17-19(5-2)26-20-10-8-7-9-11-20/h4,7-11,18-19H,1,5-6,12-17H2,2-3H3,(H2,22,23,24). The number of rotatable bonds is 9. The van der Waals surface area contributed by atoms with Crippen LogP contribution in [0.5, 0.6) is 5.75 Å². The van der Waals surface area contributed by atoms with Gasteiger partial charge >= 0.3 is 0 Å². The predicted octanol–water partition coefficient (Wildman–Crippen LogP) is 3.05. The summed E-state index contributed by atoms with van der Waals surface area (Å²) < 4.78 is 6.04. The number of piperidine rings is 1. The molecular weight excluding hydrogens is 324 g/mol. The van der Waals surface area contributed by atoms with Gasteiger partial charge in [0, 0.05) is 32.2 Å². The van der Waals surface area contributed by atoms with Crippen molar-refractivity contribution in [3.63, 3.8) is 0 Å². The normalized spacial score (nSPS) is 17.5. The molecule has 1 saturated heterocycles. The highest BCUT2D eigenvalue weighted by Gasteiger charge is 2.19. The van der Waals surface area contributed by atoms with E-state index in [-0.39, 0.29) is 6.10 Å². The van der Waals surface area contributed by atoms with Gasteiger partial charge in [-0.2, -0.15) is 0 Å². The Kier molecular flexibility index (Phi) is 9.04. The summed E-state index contributed by atoms with van der Waals surface area (Å²) in [6.07, 6.45) is 5.27. The van der Waals surface area contributed by atoms with Gasteiger partial charge < -0.3 is 15.4 Å². The molecular formula is C21H34N4O. The first-order chi connectivity index (χ1) is 12.7. The second-order valence-corrected chi connectivity index (χ2v) is 6.69. The third kappa shape index (κ3) is 7.08. The zero-order chi connectivity index (χ0) is 18.6. The zero-order valence-electron chi connectivity index (χ0n) is 16.3. The second-order valence-electron chi connectivity index (χ2n) is 6.69. The topological polar surface area (TPSA) is 48.9 Å². The summed E-state index contributed by atoms with van der Waals surface area (Å²) in [5.41, 5.74) is 0. The maximum absolute atomic E-state index is 6.04. The van der Waals surface area contributed by atoms with Gasteiger partial charge in [-0.05, 0) is 38.3 Å². The van der Waals surface area contributed by atoms with E-state index in [0.717, 1.165) is 57.2 Å². The van der Waals surface area contributed by atoms with Crippen LogP contribution in [0.4, 0.5) is 0 Å². The Labute approximate surface area is 158 Å². The SMILES string of the molecule is C=CCN1CCC(NC(=NCC(CC)Oc2ccccc2)NCC)CC1. The van der Waals surface area contributed by atoms with Gasteiger partial charge in [0.15, 0.2) is 5.96 Å². The molecule has 0 aliphatic carbocycles. The van der Waals surface area contributed by atoms with Gasteiger partial charge in [0.25, 0.3) is 0 Å². The number of aliphatic imine (C=N–C) groups is 1. The smallest absolute Gasteiger partial charge is 0.191 e. The van der Waals surface area contributed by atoms with Crippen LogP contribution in [0.1, 0.15) is 33.1 Å². The van der Waals surface area contributed by atoms with E-state index in [2.05, 4.69) is 36.0 Å². The van der Waals surface area contributed by atoms with Gasteiger partial charge in [-0.1, -0.05) is 31.2 Å². The van der Waals surface area contributed by atoms with Gasteiger partial charge in [-0.25, -0.2) is 4.99 Å². The number of nitrogens with one attached hydrogen (secondary N) is 2. The van der Waals surface area contributed by atoms with E-state index in [9.17, 15) is 0 Å². The summed E-state index contributed by atoms with van der Waals surface area (Å²) in [6, 6.07) is 10.5. The zero-order valence-corrected chi connectivity index (χ0v) is 16.3. The molecule has 2 N–H and O–H groups in total. The molecule has 1 atom stereocenters. The summed E-state index contributed by atoms with van der Waals surface area (Å²) in [5, 5.41) is 6.96. The number of para-hydroxylation sites is 1. The van der Waals surface area contributed by atoms with Gasteiger partial charge in [0.1, 0.15) is 11.9 Å². The van der Waals surface area contributed by atoms with E-state index in [1.165, 1.54) is 0 Å². The Bertz CT molecular complexity index is 538. The highest BCUT2D eigenvalue weighted by molar-refractivity contribution is 5.80. The van der Waals surface area contributed by atoms with Crippen LogP contribution >= 0.6 is 0 Å². The fraction of sp³-hybridized carbons (Fsp3) is 0.571. The summed E-state index contributed by atoms with van der Waals surface area (Å²) in [6.45, 7) is 12.8. The molecule has 1 aromatic rings. The maximum Gasteiger partial charge on any atom is 0.191 e. The molecule has 5 heteroatoms. The minimum atomic E-state index is 0.0855. The van der Waals surface area contributed by atoms with E-state index in [1.807, 2.05) is 36.4 Å². The molecule has 0 radical (unpaired) electrons. The fourth-order valence-electron chi connectivity index (χ4n) is 3.09. The Balaban J connectivity index is 1.85. The Hall–Kier alpha value is -2.01. The van der Waals surface area contributed by atoms with Gasteiger partial charge in [-0.3, -0.25) is 4.90 Å². The van der Waals surface area contributed by atoms with Gasteiger partial charge in [-0.15, -0.1) is 6.58 Å². The summed E-state index contributed by atoms with van der Waals surface area (Å²) in [7, 11) is 0. The maximum atomic E-state index is 6.04.